The lowest BCUT2D eigenvalue weighted by atomic mass is 9.91. The van der Waals surface area contributed by atoms with Gasteiger partial charge in [-0.15, -0.1) is 0 Å². The molecule has 1 aromatic carbocycles. The van der Waals surface area contributed by atoms with Gasteiger partial charge in [0.05, 0.1) is 0 Å². The van der Waals surface area contributed by atoms with Crippen molar-refractivity contribution in [2.45, 2.75) is 59.6 Å². The minimum absolute atomic E-state index is 0.0264. The number of hydrogen-bond donors (Lipinski definition) is 1. The van der Waals surface area contributed by atoms with Crippen LogP contribution in [0.2, 0.25) is 0 Å². The van der Waals surface area contributed by atoms with Crippen molar-refractivity contribution in [1.29, 1.82) is 0 Å². The molecular formula is C17H25F3O2. The summed E-state index contributed by atoms with van der Waals surface area (Å²) >= 11 is 0. The lowest BCUT2D eigenvalue weighted by molar-refractivity contribution is -0.171. The van der Waals surface area contributed by atoms with E-state index >= 15 is 0 Å². The molecule has 0 fully saturated rings. The largest absolute Gasteiger partial charge is 0.508 e. The molecule has 0 aromatic heterocycles. The third-order valence-corrected chi connectivity index (χ3v) is 2.89. The van der Waals surface area contributed by atoms with Gasteiger partial charge in [-0.3, -0.25) is 4.79 Å². The van der Waals surface area contributed by atoms with E-state index in [1.165, 1.54) is 37.1 Å². The lowest BCUT2D eigenvalue weighted by Gasteiger charge is -2.15. The van der Waals surface area contributed by atoms with Crippen LogP contribution in [-0.4, -0.2) is 17.1 Å². The molecule has 0 amide bonds. The van der Waals surface area contributed by atoms with Crippen LogP contribution in [-0.2, 0) is 11.2 Å². The highest BCUT2D eigenvalue weighted by Gasteiger charge is 2.37. The number of phenolic OH excluding ortho intramolecular Hbond substituents is 1. The molecule has 126 valence electrons. The second-order valence-corrected chi connectivity index (χ2v) is 6.40. The standard InChI is InChI=1S/C10H9F3O2.C7H16/c11-10(12,13)9(15)6-3-7-1-4-8(14)5-2-7;1-5-6-7(2,3)4/h1-2,4-5,14H,3,6H2;5-6H2,1-4H3. The van der Waals surface area contributed by atoms with Crippen LogP contribution in [0.25, 0.3) is 0 Å². The Labute approximate surface area is 130 Å². The summed E-state index contributed by atoms with van der Waals surface area (Å²) in [5.74, 6) is -1.68. The van der Waals surface area contributed by atoms with Gasteiger partial charge >= 0.3 is 6.18 Å². The second-order valence-electron chi connectivity index (χ2n) is 6.40. The van der Waals surface area contributed by atoms with E-state index in [-0.39, 0.29) is 12.2 Å². The number of aryl methyl sites for hydroxylation is 1. The number of halogens is 3. The quantitative estimate of drug-likeness (QED) is 0.819. The number of Topliss-reactive ketones (excluding diaryl/α,β-unsaturated/α-hetero) is 1. The predicted octanol–water partition coefficient (Wildman–Crippen LogP) is 5.29. The molecular weight excluding hydrogens is 293 g/mol. The highest BCUT2D eigenvalue weighted by molar-refractivity contribution is 5.84. The average Bonchev–Trinajstić information content (AvgIpc) is 2.36. The number of carbonyl (C=O) groups is 1. The minimum Gasteiger partial charge on any atom is -0.508 e. The van der Waals surface area contributed by atoms with Crippen molar-refractivity contribution in [3.63, 3.8) is 0 Å². The van der Waals surface area contributed by atoms with Crippen molar-refractivity contribution >= 4 is 5.78 Å². The summed E-state index contributed by atoms with van der Waals surface area (Å²) in [4.78, 5) is 10.5. The van der Waals surface area contributed by atoms with E-state index in [0.717, 1.165) is 0 Å². The van der Waals surface area contributed by atoms with E-state index in [1.54, 1.807) is 0 Å². The van der Waals surface area contributed by atoms with Crippen molar-refractivity contribution in [3.8, 4) is 5.75 Å². The van der Waals surface area contributed by atoms with Crippen LogP contribution >= 0.6 is 0 Å². The summed E-state index contributed by atoms with van der Waals surface area (Å²) in [7, 11) is 0. The third kappa shape index (κ3) is 10.2. The zero-order valence-electron chi connectivity index (χ0n) is 13.6. The predicted molar refractivity (Wildman–Crippen MR) is 81.9 cm³/mol. The van der Waals surface area contributed by atoms with E-state index in [0.29, 0.717) is 11.0 Å². The average molecular weight is 318 g/mol. The second kappa shape index (κ2) is 8.81. The van der Waals surface area contributed by atoms with Crippen LogP contribution in [0.5, 0.6) is 5.75 Å². The molecule has 2 nitrogen and oxygen atoms in total. The molecule has 1 aromatic rings. The Morgan fingerprint density at radius 3 is 1.91 bits per heavy atom. The van der Waals surface area contributed by atoms with Crippen LogP contribution < -0.4 is 0 Å². The summed E-state index contributed by atoms with van der Waals surface area (Å²) in [5, 5.41) is 8.92. The molecule has 0 saturated carbocycles. The Balaban J connectivity index is 0.000000534. The number of aromatic hydroxyl groups is 1. The number of rotatable bonds is 4. The van der Waals surface area contributed by atoms with Crippen molar-refractivity contribution < 1.29 is 23.1 Å². The first-order chi connectivity index (χ1) is 9.95. The first kappa shape index (κ1) is 20.5. The van der Waals surface area contributed by atoms with Gasteiger partial charge in [-0.2, -0.15) is 13.2 Å². The summed E-state index contributed by atoms with van der Waals surface area (Å²) in [6.07, 6.45) is -2.64. The Hall–Kier alpha value is -1.52. The number of ketones is 1. The number of phenols is 1. The van der Waals surface area contributed by atoms with Crippen molar-refractivity contribution in [3.05, 3.63) is 29.8 Å². The highest BCUT2D eigenvalue weighted by Crippen LogP contribution is 2.20. The SMILES string of the molecule is CCCC(C)(C)C.O=C(CCc1ccc(O)cc1)C(F)(F)F. The third-order valence-electron chi connectivity index (χ3n) is 2.89. The van der Waals surface area contributed by atoms with Gasteiger partial charge in [0, 0.05) is 6.42 Å². The van der Waals surface area contributed by atoms with Gasteiger partial charge in [0.2, 0.25) is 5.78 Å². The van der Waals surface area contributed by atoms with Gasteiger partial charge in [-0.1, -0.05) is 46.2 Å². The Morgan fingerprint density at radius 2 is 1.59 bits per heavy atom. The molecule has 22 heavy (non-hydrogen) atoms. The number of carbonyl (C=O) groups excluding carboxylic acids is 1. The first-order valence-corrected chi connectivity index (χ1v) is 7.33. The molecule has 0 atom stereocenters. The minimum atomic E-state index is -4.75. The van der Waals surface area contributed by atoms with Gasteiger partial charge in [0.25, 0.3) is 0 Å². The van der Waals surface area contributed by atoms with Crippen molar-refractivity contribution in [2.24, 2.45) is 5.41 Å². The fourth-order valence-corrected chi connectivity index (χ4v) is 1.81. The van der Waals surface area contributed by atoms with E-state index in [1.807, 2.05) is 0 Å². The monoisotopic (exact) mass is 318 g/mol. The molecule has 5 heteroatoms. The number of alkyl halides is 3. The molecule has 0 aliphatic carbocycles. The fraction of sp³-hybridized carbons (Fsp3) is 0.588. The number of benzene rings is 1. The molecule has 0 bridgehead atoms. The van der Waals surface area contributed by atoms with Crippen LogP contribution in [0.3, 0.4) is 0 Å². The maximum atomic E-state index is 11.8. The summed E-state index contributed by atoms with van der Waals surface area (Å²) in [5.41, 5.74) is 1.14. The van der Waals surface area contributed by atoms with Crippen LogP contribution in [0.4, 0.5) is 13.2 Å². The first-order valence-electron chi connectivity index (χ1n) is 7.33. The molecule has 0 aliphatic heterocycles. The van der Waals surface area contributed by atoms with Gasteiger partial charge in [-0.25, -0.2) is 0 Å². The number of hydrogen-bond acceptors (Lipinski definition) is 2. The molecule has 0 unspecified atom stereocenters. The lowest BCUT2D eigenvalue weighted by Crippen LogP contribution is -2.22. The zero-order valence-corrected chi connectivity index (χ0v) is 13.6. The van der Waals surface area contributed by atoms with E-state index < -0.39 is 18.4 Å². The van der Waals surface area contributed by atoms with Gasteiger partial charge in [0.15, 0.2) is 0 Å². The van der Waals surface area contributed by atoms with Gasteiger partial charge in [0.1, 0.15) is 5.75 Å². The maximum Gasteiger partial charge on any atom is 0.449 e. The smallest absolute Gasteiger partial charge is 0.449 e. The highest BCUT2D eigenvalue weighted by atomic mass is 19.4. The topological polar surface area (TPSA) is 37.3 Å². The van der Waals surface area contributed by atoms with E-state index in [2.05, 4.69) is 27.7 Å². The van der Waals surface area contributed by atoms with E-state index in [4.69, 9.17) is 5.11 Å². The van der Waals surface area contributed by atoms with Gasteiger partial charge < -0.3 is 5.11 Å². The maximum absolute atomic E-state index is 11.8. The summed E-state index contributed by atoms with van der Waals surface area (Å²) in [6, 6.07) is 5.71. The van der Waals surface area contributed by atoms with Crippen LogP contribution in [0, 0.1) is 5.41 Å². The zero-order chi connectivity index (χ0) is 17.4. The Kier molecular flexibility index (Phi) is 8.20. The fourth-order valence-electron chi connectivity index (χ4n) is 1.81. The molecule has 1 N–H and O–H groups in total. The summed E-state index contributed by atoms with van der Waals surface area (Å²) in [6.45, 7) is 9.05. The molecule has 0 heterocycles. The normalized spacial score (nSPS) is 11.6. The van der Waals surface area contributed by atoms with Crippen LogP contribution in [0.15, 0.2) is 24.3 Å². The Bertz CT molecular complexity index is 442. The van der Waals surface area contributed by atoms with E-state index in [9.17, 15) is 18.0 Å². The van der Waals surface area contributed by atoms with Crippen molar-refractivity contribution in [2.75, 3.05) is 0 Å². The van der Waals surface area contributed by atoms with Crippen LogP contribution in [0.1, 0.15) is 52.5 Å². The Morgan fingerprint density at radius 1 is 1.09 bits per heavy atom. The van der Waals surface area contributed by atoms with Gasteiger partial charge in [-0.05, 0) is 36.0 Å². The van der Waals surface area contributed by atoms with Crippen molar-refractivity contribution in [1.82, 2.24) is 0 Å². The molecule has 0 spiro atoms. The molecule has 0 aliphatic rings. The molecule has 1 rings (SSSR count). The molecule has 0 saturated heterocycles. The molecule has 0 radical (unpaired) electrons. The summed E-state index contributed by atoms with van der Waals surface area (Å²) < 4.78 is 35.5.